The Bertz CT molecular complexity index is 266. The first-order valence-electron chi connectivity index (χ1n) is 3.49. The van der Waals surface area contributed by atoms with Crippen molar-refractivity contribution >= 4 is 18.4 Å². The molecule has 0 saturated heterocycles. The fourth-order valence-corrected chi connectivity index (χ4v) is 0.834. The zero-order valence-electron chi connectivity index (χ0n) is 7.14. The second-order valence-electron chi connectivity index (χ2n) is 2.28. The minimum absolute atomic E-state index is 0. The summed E-state index contributed by atoms with van der Waals surface area (Å²) in [5.41, 5.74) is 6.25. The fraction of sp³-hybridized carbons (Fsp3) is 0.250. The molecule has 0 radical (unpaired) electrons. The minimum Gasteiger partial charge on any atom is -0.468 e. The highest BCUT2D eigenvalue weighted by molar-refractivity contribution is 5.85. The summed E-state index contributed by atoms with van der Waals surface area (Å²) in [4.78, 5) is 14.7. The summed E-state index contributed by atoms with van der Waals surface area (Å²) in [6.07, 6.45) is 3.16. The number of halogens is 1. The number of hydrogen-bond donors (Lipinski definition) is 1. The van der Waals surface area contributed by atoms with E-state index in [1.165, 1.54) is 7.11 Å². The van der Waals surface area contributed by atoms with Gasteiger partial charge in [-0.2, -0.15) is 0 Å². The number of methoxy groups -OCH3 is 1. The van der Waals surface area contributed by atoms with Crippen LogP contribution in [0.5, 0.6) is 0 Å². The van der Waals surface area contributed by atoms with Crippen LogP contribution in [-0.2, 0) is 9.53 Å². The minimum atomic E-state index is -0.710. The highest BCUT2D eigenvalue weighted by Crippen LogP contribution is 2.08. The summed E-state index contributed by atoms with van der Waals surface area (Å²) >= 11 is 0. The van der Waals surface area contributed by atoms with Crippen LogP contribution in [0.3, 0.4) is 0 Å². The van der Waals surface area contributed by atoms with Crippen LogP contribution in [0.15, 0.2) is 24.5 Å². The van der Waals surface area contributed by atoms with E-state index in [9.17, 15) is 4.79 Å². The fourth-order valence-electron chi connectivity index (χ4n) is 0.834. The summed E-state index contributed by atoms with van der Waals surface area (Å²) in [6, 6.07) is 2.65. The second-order valence-corrected chi connectivity index (χ2v) is 2.28. The molecule has 0 aromatic carbocycles. The summed E-state index contributed by atoms with van der Waals surface area (Å²) in [5, 5.41) is 0. The van der Waals surface area contributed by atoms with Crippen molar-refractivity contribution < 1.29 is 9.53 Å². The first-order chi connectivity index (χ1) is 5.75. The molecule has 0 fully saturated rings. The van der Waals surface area contributed by atoms with Gasteiger partial charge in [-0.1, -0.05) is 0 Å². The topological polar surface area (TPSA) is 65.2 Å². The molecule has 0 amide bonds. The van der Waals surface area contributed by atoms with E-state index in [1.54, 1.807) is 24.5 Å². The Hall–Kier alpha value is -1.13. The van der Waals surface area contributed by atoms with Gasteiger partial charge >= 0.3 is 5.97 Å². The van der Waals surface area contributed by atoms with Crippen molar-refractivity contribution in [3.05, 3.63) is 30.1 Å². The molecule has 4 nitrogen and oxygen atoms in total. The zero-order chi connectivity index (χ0) is 8.97. The summed E-state index contributed by atoms with van der Waals surface area (Å²) in [5.74, 6) is -0.443. The van der Waals surface area contributed by atoms with Gasteiger partial charge in [0, 0.05) is 12.4 Å². The van der Waals surface area contributed by atoms with E-state index >= 15 is 0 Å². The van der Waals surface area contributed by atoms with Crippen molar-refractivity contribution in [2.45, 2.75) is 6.04 Å². The van der Waals surface area contributed by atoms with Crippen LogP contribution in [0.4, 0.5) is 0 Å². The van der Waals surface area contributed by atoms with Crippen molar-refractivity contribution in [1.82, 2.24) is 4.98 Å². The van der Waals surface area contributed by atoms with Crippen LogP contribution in [0, 0.1) is 0 Å². The Kier molecular flexibility index (Phi) is 5.03. The monoisotopic (exact) mass is 202 g/mol. The van der Waals surface area contributed by atoms with Crippen LogP contribution in [0.1, 0.15) is 11.6 Å². The lowest BCUT2D eigenvalue weighted by Crippen LogP contribution is -2.22. The quantitative estimate of drug-likeness (QED) is 0.717. The van der Waals surface area contributed by atoms with E-state index < -0.39 is 12.0 Å². The number of hydrogen-bond acceptors (Lipinski definition) is 4. The third kappa shape index (κ3) is 3.01. The number of rotatable bonds is 2. The maximum Gasteiger partial charge on any atom is 0.327 e. The third-order valence-electron chi connectivity index (χ3n) is 1.52. The molecule has 5 heteroatoms. The van der Waals surface area contributed by atoms with E-state index in [4.69, 9.17) is 5.73 Å². The molecule has 0 saturated carbocycles. The number of carbonyl (C=O) groups is 1. The molecule has 1 heterocycles. The zero-order valence-corrected chi connectivity index (χ0v) is 7.95. The molecule has 0 aliphatic rings. The second kappa shape index (κ2) is 5.50. The van der Waals surface area contributed by atoms with Gasteiger partial charge in [0.2, 0.25) is 0 Å². The van der Waals surface area contributed by atoms with Gasteiger partial charge < -0.3 is 10.5 Å². The van der Waals surface area contributed by atoms with Crippen LogP contribution in [0.2, 0.25) is 0 Å². The van der Waals surface area contributed by atoms with Gasteiger partial charge in [0.1, 0.15) is 6.04 Å². The molecule has 0 aliphatic heterocycles. The molecule has 1 aromatic rings. The van der Waals surface area contributed by atoms with Crippen molar-refractivity contribution in [3.8, 4) is 0 Å². The third-order valence-corrected chi connectivity index (χ3v) is 1.52. The van der Waals surface area contributed by atoms with Crippen LogP contribution < -0.4 is 5.73 Å². The number of carbonyl (C=O) groups excluding carboxylic acids is 1. The predicted molar refractivity (Wildman–Crippen MR) is 50.4 cm³/mol. The van der Waals surface area contributed by atoms with Gasteiger partial charge in [-0.05, 0) is 17.7 Å². The number of aromatic nitrogens is 1. The van der Waals surface area contributed by atoms with E-state index in [-0.39, 0.29) is 12.4 Å². The van der Waals surface area contributed by atoms with Crippen molar-refractivity contribution in [1.29, 1.82) is 0 Å². The number of nitrogens with two attached hydrogens (primary N) is 1. The molecule has 0 unspecified atom stereocenters. The highest BCUT2D eigenvalue weighted by atomic mass is 35.5. The number of pyridine rings is 1. The van der Waals surface area contributed by atoms with Gasteiger partial charge in [0.15, 0.2) is 0 Å². The molecule has 2 N–H and O–H groups in total. The molecular formula is C8H11ClN2O2. The average molecular weight is 203 g/mol. The van der Waals surface area contributed by atoms with E-state index in [0.29, 0.717) is 5.56 Å². The van der Waals surface area contributed by atoms with E-state index in [0.717, 1.165) is 0 Å². The molecule has 0 bridgehead atoms. The summed E-state index contributed by atoms with van der Waals surface area (Å²) < 4.78 is 4.48. The molecule has 0 aliphatic carbocycles. The van der Waals surface area contributed by atoms with E-state index in [1.807, 2.05) is 0 Å². The van der Waals surface area contributed by atoms with Gasteiger partial charge in [-0.3, -0.25) is 9.78 Å². The molecule has 0 spiro atoms. The number of ether oxygens (including phenoxy) is 1. The Morgan fingerprint density at radius 3 is 2.54 bits per heavy atom. The van der Waals surface area contributed by atoms with Gasteiger partial charge in [0.05, 0.1) is 7.11 Å². The Morgan fingerprint density at radius 2 is 2.08 bits per heavy atom. The standard InChI is InChI=1S/C8H10N2O2.ClH/c1-12-8(11)7(9)6-2-4-10-5-3-6;/h2-5,7H,9H2,1H3;1H/t7-;/m1./s1. The molecule has 13 heavy (non-hydrogen) atoms. The molecule has 72 valence electrons. The summed E-state index contributed by atoms with van der Waals surface area (Å²) in [6.45, 7) is 0. The first kappa shape index (κ1) is 11.9. The van der Waals surface area contributed by atoms with Gasteiger partial charge in [-0.15, -0.1) is 12.4 Å². The molecular weight excluding hydrogens is 192 g/mol. The van der Waals surface area contributed by atoms with Crippen molar-refractivity contribution in [3.63, 3.8) is 0 Å². The highest BCUT2D eigenvalue weighted by Gasteiger charge is 2.14. The average Bonchev–Trinajstić information content (AvgIpc) is 2.17. The van der Waals surface area contributed by atoms with Crippen molar-refractivity contribution in [2.75, 3.05) is 7.11 Å². The maximum absolute atomic E-state index is 10.9. The SMILES string of the molecule is COC(=O)[C@H](N)c1ccncc1.Cl. The maximum atomic E-state index is 10.9. The molecule has 1 atom stereocenters. The summed E-state index contributed by atoms with van der Waals surface area (Å²) in [7, 11) is 1.31. The molecule has 1 aromatic heterocycles. The van der Waals surface area contributed by atoms with Crippen LogP contribution in [0.25, 0.3) is 0 Å². The van der Waals surface area contributed by atoms with Crippen LogP contribution in [-0.4, -0.2) is 18.1 Å². The lowest BCUT2D eigenvalue weighted by molar-refractivity contribution is -0.142. The van der Waals surface area contributed by atoms with E-state index in [2.05, 4.69) is 9.72 Å². The Labute approximate surface area is 82.5 Å². The van der Waals surface area contributed by atoms with Gasteiger partial charge in [0.25, 0.3) is 0 Å². The molecule has 1 rings (SSSR count). The predicted octanol–water partition coefficient (Wildman–Crippen LogP) is 0.676. The Morgan fingerprint density at radius 1 is 1.54 bits per heavy atom. The first-order valence-corrected chi connectivity index (χ1v) is 3.49. The normalized spacial score (nSPS) is 11.2. The lowest BCUT2D eigenvalue weighted by atomic mass is 10.1. The van der Waals surface area contributed by atoms with Crippen LogP contribution >= 0.6 is 12.4 Å². The Balaban J connectivity index is 0.00000144. The van der Waals surface area contributed by atoms with Gasteiger partial charge in [-0.25, -0.2) is 0 Å². The van der Waals surface area contributed by atoms with Crippen molar-refractivity contribution in [2.24, 2.45) is 5.73 Å². The number of nitrogens with zero attached hydrogens (tertiary/aromatic N) is 1. The lowest BCUT2D eigenvalue weighted by Gasteiger charge is -2.07. The smallest absolute Gasteiger partial charge is 0.327 e. The number of esters is 1. The largest absolute Gasteiger partial charge is 0.468 e.